The summed E-state index contributed by atoms with van der Waals surface area (Å²) in [5.41, 5.74) is 0. The molecule has 0 aromatic heterocycles. The van der Waals surface area contributed by atoms with Gasteiger partial charge in [0, 0.05) is 0 Å². The summed E-state index contributed by atoms with van der Waals surface area (Å²) >= 11 is 0. The van der Waals surface area contributed by atoms with Gasteiger partial charge in [0.25, 0.3) is 0 Å². The monoisotopic (exact) mass is 900 g/mol. The maximum Gasteiger partial charge on any atom is 0.366 e. The van der Waals surface area contributed by atoms with Crippen molar-refractivity contribution in [3.05, 3.63) is 0 Å². The first kappa shape index (κ1) is 57.2. The van der Waals surface area contributed by atoms with E-state index in [1.54, 1.807) is 0 Å². The van der Waals surface area contributed by atoms with Gasteiger partial charge in [-0.15, -0.1) is 0 Å². The number of carbonyl (C=O) groups excluding carboxylic acids is 4. The highest BCUT2D eigenvalue weighted by Crippen LogP contribution is 2.60. The number of carboxylic acids is 4. The third-order valence-corrected chi connectivity index (χ3v) is 12.1. The molecule has 0 saturated heterocycles. The second-order valence-corrected chi connectivity index (χ2v) is 19.0. The Bertz CT molecular complexity index is 1480. The van der Waals surface area contributed by atoms with Crippen LogP contribution >= 0.6 is 45.6 Å². The van der Waals surface area contributed by atoms with Gasteiger partial charge in [0.15, 0.2) is 5.85 Å². The van der Waals surface area contributed by atoms with Gasteiger partial charge in [0.1, 0.15) is 6.10 Å². The fourth-order valence-corrected chi connectivity index (χ4v) is 6.74. The van der Waals surface area contributed by atoms with Crippen LogP contribution in [0.15, 0.2) is 0 Å². The number of hydrogen-bond acceptors (Lipinski definition) is 22. The predicted molar refractivity (Wildman–Crippen MR) is 138 cm³/mol. The van der Waals surface area contributed by atoms with Gasteiger partial charge < -0.3 is 139 Å². The Hall–Kier alpha value is -1.54. The molecule has 312 valence electrons. The fraction of sp³-hybridized carbons (Fsp3) is 0.667. The van der Waals surface area contributed by atoms with E-state index in [2.05, 4.69) is 0 Å². The zero-order valence-electron chi connectivity index (χ0n) is 23.9. The molecule has 0 heterocycles. The first-order chi connectivity index (χ1) is 22.2. The summed E-state index contributed by atoms with van der Waals surface area (Å²) in [5, 5.41) is 96.3. The van der Waals surface area contributed by atoms with Gasteiger partial charge in [0.05, 0.1) is 30.5 Å². The number of carbonyl (C=O) groups is 4. The molecule has 7 atom stereocenters. The summed E-state index contributed by atoms with van der Waals surface area (Å²) in [7, 11) is -33.4. The molecule has 0 radical (unpaired) electrons. The first-order valence-corrected chi connectivity index (χ1v) is 20.8. The zero-order chi connectivity index (χ0) is 43.8. The van der Waals surface area contributed by atoms with E-state index in [0.717, 1.165) is 0 Å². The van der Waals surface area contributed by atoms with Crippen molar-refractivity contribution in [3.63, 3.8) is 0 Å². The standard InChI is InChI=1S/2C3H8O10P2.2C3H7O7P/c2*4-1(5)3(7,15(11,12)13)2(6)14(8,9)10;4-1-3(7,2(5)6)11(8,9)10;4-1(2(5)6)3(7)11(8,9)10/h2*2,6-7H,(H,4,5)(H2,8,9,10)(H2,11,12,13);4,7H,1H2,(H,5,6)(H2,8,9,10);1,3-4,7H,(H,5,6)(H2,8,9,10)/p-4. The van der Waals surface area contributed by atoms with Gasteiger partial charge in [-0.2, -0.15) is 0 Å². The molecular formula is C12H26O34P6-4. The summed E-state index contributed by atoms with van der Waals surface area (Å²) in [6.45, 7) is -1.60. The van der Waals surface area contributed by atoms with E-state index >= 15 is 0 Å². The molecule has 0 aromatic rings. The van der Waals surface area contributed by atoms with Crippen molar-refractivity contribution >= 4 is 69.5 Å². The van der Waals surface area contributed by atoms with Crippen LogP contribution in [0.2, 0.25) is 0 Å². The lowest BCUT2D eigenvalue weighted by molar-refractivity contribution is -0.323. The van der Waals surface area contributed by atoms with Crippen molar-refractivity contribution < 1.29 is 167 Å². The molecule has 0 aromatic carbocycles. The first-order valence-electron chi connectivity index (χ1n) is 10.9. The highest BCUT2D eigenvalue weighted by molar-refractivity contribution is 7.59. The molecule has 0 aliphatic rings. The third-order valence-electron chi connectivity index (χ3n) is 4.74. The molecule has 40 heteroatoms. The van der Waals surface area contributed by atoms with E-state index in [1.807, 2.05) is 0 Å². The minimum Gasteiger partial charge on any atom is -0.547 e. The minimum absolute atomic E-state index is 1.60. The molecule has 0 amide bonds. The Labute approximate surface area is 282 Å². The smallest absolute Gasteiger partial charge is 0.366 e. The van der Waals surface area contributed by atoms with E-state index in [4.69, 9.17) is 99.6 Å². The van der Waals surface area contributed by atoms with Crippen LogP contribution in [0, 0.1) is 0 Å². The van der Waals surface area contributed by atoms with Crippen LogP contribution in [0.1, 0.15) is 0 Å². The largest absolute Gasteiger partial charge is 0.547 e. The SMILES string of the molecule is O=C([O-])C(O)(C(O)P(=O)(O)O)P(=O)(O)O.O=C([O-])C(O)(C(O)P(=O)(O)O)P(=O)(O)O.O=C([O-])C(O)(CO)P(=O)(O)O.O=C([O-])C(O)C(O)P(=O)(O)O. The zero-order valence-corrected chi connectivity index (χ0v) is 29.2. The van der Waals surface area contributed by atoms with E-state index in [-0.39, 0.29) is 0 Å². The summed E-state index contributed by atoms with van der Waals surface area (Å²) in [5.74, 6) is -20.0. The lowest BCUT2D eigenvalue weighted by Gasteiger charge is -2.33. The molecule has 34 nitrogen and oxygen atoms in total. The average molecular weight is 900 g/mol. The lowest BCUT2D eigenvalue weighted by Crippen LogP contribution is -2.55. The average Bonchev–Trinajstić information content (AvgIpc) is 2.91. The quantitative estimate of drug-likeness (QED) is 0.0720. The van der Waals surface area contributed by atoms with Crippen LogP contribution in [0.3, 0.4) is 0 Å². The van der Waals surface area contributed by atoms with Gasteiger partial charge in [-0.3, -0.25) is 27.4 Å². The molecule has 0 spiro atoms. The molecule has 20 N–H and O–H groups in total. The van der Waals surface area contributed by atoms with Crippen LogP contribution in [-0.4, -0.2) is 170 Å². The van der Waals surface area contributed by atoms with Crippen LogP contribution in [0.25, 0.3) is 0 Å². The second-order valence-electron chi connectivity index (χ2n) is 8.61. The van der Waals surface area contributed by atoms with E-state index < -0.39 is 116 Å². The molecule has 7 unspecified atom stereocenters. The Morgan fingerprint density at radius 2 is 0.731 bits per heavy atom. The number of aliphatic carboxylic acids is 4. The maximum atomic E-state index is 10.5. The van der Waals surface area contributed by atoms with Gasteiger partial charge >= 0.3 is 45.6 Å². The highest BCUT2D eigenvalue weighted by atomic mass is 31.2. The Morgan fingerprint density at radius 3 is 0.769 bits per heavy atom. The topological polar surface area (TPSA) is 668 Å². The van der Waals surface area contributed by atoms with Crippen molar-refractivity contribution in [2.45, 2.75) is 39.7 Å². The predicted octanol–water partition coefficient (Wildman–Crippen LogP) is -14.6. The lowest BCUT2D eigenvalue weighted by atomic mass is 10.4. The van der Waals surface area contributed by atoms with Crippen LogP contribution in [0.5, 0.6) is 0 Å². The maximum absolute atomic E-state index is 10.5. The molecule has 0 aliphatic heterocycles. The van der Waals surface area contributed by atoms with E-state index in [0.29, 0.717) is 0 Å². The minimum atomic E-state index is -5.95. The van der Waals surface area contributed by atoms with Crippen LogP contribution in [-0.2, 0) is 46.6 Å². The number of carboxylic acid groups (broad SMARTS) is 4. The van der Waals surface area contributed by atoms with E-state index in [9.17, 15) is 67.0 Å². The summed E-state index contributed by atoms with van der Waals surface area (Å²) < 4.78 is 62.0. The highest BCUT2D eigenvalue weighted by Gasteiger charge is 2.60. The van der Waals surface area contributed by atoms with Gasteiger partial charge in [-0.1, -0.05) is 0 Å². The van der Waals surface area contributed by atoms with Crippen LogP contribution in [0.4, 0.5) is 0 Å². The van der Waals surface area contributed by atoms with Gasteiger partial charge in [0.2, 0.25) is 27.7 Å². The van der Waals surface area contributed by atoms with Crippen molar-refractivity contribution in [3.8, 4) is 0 Å². The Balaban J connectivity index is -0.000000299. The van der Waals surface area contributed by atoms with Crippen molar-refractivity contribution in [1.29, 1.82) is 0 Å². The molecule has 0 bridgehead atoms. The van der Waals surface area contributed by atoms with Gasteiger partial charge in [-0.05, 0) is 0 Å². The van der Waals surface area contributed by atoms with Crippen molar-refractivity contribution in [1.82, 2.24) is 0 Å². The molecule has 0 saturated carbocycles. The van der Waals surface area contributed by atoms with E-state index in [1.165, 1.54) is 0 Å². The molecular weight excluding hydrogens is 874 g/mol. The van der Waals surface area contributed by atoms with Crippen molar-refractivity contribution in [2.24, 2.45) is 0 Å². The number of aliphatic hydroxyl groups is 8. The number of hydrogen-bond donors (Lipinski definition) is 20. The summed E-state index contributed by atoms with van der Waals surface area (Å²) in [4.78, 5) is 139. The number of rotatable bonds is 14. The molecule has 0 aliphatic carbocycles. The summed E-state index contributed by atoms with van der Waals surface area (Å²) in [6.07, 6.45) is -2.57. The molecule has 0 fully saturated rings. The normalized spacial score (nSPS) is 18.5. The van der Waals surface area contributed by atoms with Crippen molar-refractivity contribution in [2.75, 3.05) is 6.61 Å². The Morgan fingerprint density at radius 1 is 0.481 bits per heavy atom. The Kier molecular flexibility index (Phi) is 21.3. The number of aliphatic hydroxyl groups excluding tert-OH is 5. The second kappa shape index (κ2) is 19.4. The van der Waals surface area contributed by atoms with Crippen LogP contribution < -0.4 is 20.4 Å². The third kappa shape index (κ3) is 15.3. The summed E-state index contributed by atoms with van der Waals surface area (Å²) in [6, 6.07) is 0. The van der Waals surface area contributed by atoms with Gasteiger partial charge in [-0.25, -0.2) is 0 Å². The fourth-order valence-electron chi connectivity index (χ4n) is 1.80. The molecule has 0 rings (SSSR count). The molecule has 52 heavy (non-hydrogen) atoms.